The summed E-state index contributed by atoms with van der Waals surface area (Å²) in [4.78, 5) is -0.156. The van der Waals surface area contributed by atoms with Gasteiger partial charge in [-0.1, -0.05) is 12.1 Å². The van der Waals surface area contributed by atoms with Crippen LogP contribution in [0.5, 0.6) is 0 Å². The predicted molar refractivity (Wildman–Crippen MR) is 57.0 cm³/mol. The van der Waals surface area contributed by atoms with Crippen LogP contribution in [0, 0.1) is 6.07 Å². The molecule has 0 unspecified atom stereocenters. The summed E-state index contributed by atoms with van der Waals surface area (Å²) >= 11 is 0. The lowest BCUT2D eigenvalue weighted by Crippen LogP contribution is -1.97. The predicted octanol–water partition coefficient (Wildman–Crippen LogP) is 1.47. The van der Waals surface area contributed by atoms with Gasteiger partial charge in [0.1, 0.15) is 0 Å². The van der Waals surface area contributed by atoms with Gasteiger partial charge < -0.3 is 5.73 Å². The van der Waals surface area contributed by atoms with Crippen molar-refractivity contribution in [2.75, 3.05) is 5.73 Å². The molecule has 0 saturated carbocycles. The molecule has 0 saturated heterocycles. The van der Waals surface area contributed by atoms with E-state index in [1.54, 1.807) is 18.2 Å². The quantitative estimate of drug-likeness (QED) is 0.565. The summed E-state index contributed by atoms with van der Waals surface area (Å²) in [7, 11) is -4.17. The molecule has 2 aromatic rings. The molecule has 0 aliphatic heterocycles. The third kappa shape index (κ3) is 1.93. The van der Waals surface area contributed by atoms with Crippen molar-refractivity contribution in [1.82, 2.24) is 0 Å². The highest BCUT2D eigenvalue weighted by Crippen LogP contribution is 2.20. The van der Waals surface area contributed by atoms with Crippen molar-refractivity contribution in [2.24, 2.45) is 0 Å². The molecule has 0 amide bonds. The molecule has 15 heavy (non-hydrogen) atoms. The zero-order valence-electron chi connectivity index (χ0n) is 7.64. The van der Waals surface area contributed by atoms with Crippen molar-refractivity contribution in [3.8, 4) is 0 Å². The summed E-state index contributed by atoms with van der Waals surface area (Å²) in [6, 6.07) is 10.5. The first kappa shape index (κ1) is 9.95. The molecule has 2 aromatic carbocycles. The molecule has 4 nitrogen and oxygen atoms in total. The number of hydrogen-bond donors (Lipinski definition) is 2. The van der Waals surface area contributed by atoms with Crippen molar-refractivity contribution in [1.29, 1.82) is 0 Å². The summed E-state index contributed by atoms with van der Waals surface area (Å²) in [6.45, 7) is 0. The second-order valence-corrected chi connectivity index (χ2v) is 4.56. The monoisotopic (exact) mass is 222 g/mol. The summed E-state index contributed by atoms with van der Waals surface area (Å²) in [5, 5.41) is 1.38. The number of anilines is 1. The van der Waals surface area contributed by atoms with Gasteiger partial charge in [0.2, 0.25) is 0 Å². The Hall–Kier alpha value is -1.59. The molecule has 1 radical (unpaired) electrons. The molecular weight excluding hydrogens is 214 g/mol. The topological polar surface area (TPSA) is 80.4 Å². The van der Waals surface area contributed by atoms with E-state index in [1.807, 2.05) is 0 Å². The molecule has 0 bridgehead atoms. The standard InChI is InChI=1S/C10H8NO3S/c11-9-3-1-7-2-4-10(15(12,13)14)6-8(7)5-9/h1-4,6H,11H2,(H,12,13,14). The lowest BCUT2D eigenvalue weighted by Gasteiger charge is -2.01. The number of fused-ring (bicyclic) bond motifs is 1. The van der Waals surface area contributed by atoms with Gasteiger partial charge in [0, 0.05) is 11.8 Å². The van der Waals surface area contributed by atoms with Gasteiger partial charge >= 0.3 is 0 Å². The maximum absolute atomic E-state index is 10.9. The fraction of sp³-hybridized carbons (Fsp3) is 0. The Kier molecular flexibility index (Phi) is 2.13. The zero-order valence-corrected chi connectivity index (χ0v) is 8.45. The Bertz CT molecular complexity index is 620. The Balaban J connectivity index is 2.75. The summed E-state index contributed by atoms with van der Waals surface area (Å²) in [5.74, 6) is 0. The van der Waals surface area contributed by atoms with Crippen LogP contribution >= 0.6 is 0 Å². The van der Waals surface area contributed by atoms with E-state index in [0.717, 1.165) is 5.39 Å². The molecule has 0 spiro atoms. The van der Waals surface area contributed by atoms with E-state index in [0.29, 0.717) is 11.1 Å². The van der Waals surface area contributed by atoms with Gasteiger partial charge in [-0.3, -0.25) is 4.55 Å². The lowest BCUT2D eigenvalue weighted by atomic mass is 10.1. The molecule has 77 valence electrons. The zero-order chi connectivity index (χ0) is 11.1. The van der Waals surface area contributed by atoms with Crippen LogP contribution in [0.15, 0.2) is 35.2 Å². The summed E-state index contributed by atoms with van der Waals surface area (Å²) in [6.07, 6.45) is 0. The van der Waals surface area contributed by atoms with Gasteiger partial charge in [-0.2, -0.15) is 8.42 Å². The van der Waals surface area contributed by atoms with Crippen LogP contribution in [0.4, 0.5) is 5.69 Å². The second-order valence-electron chi connectivity index (χ2n) is 3.14. The Morgan fingerprint density at radius 1 is 1.20 bits per heavy atom. The molecule has 2 rings (SSSR count). The highest BCUT2D eigenvalue weighted by atomic mass is 32.2. The van der Waals surface area contributed by atoms with Crippen molar-refractivity contribution in [3.63, 3.8) is 0 Å². The Labute approximate surface area is 87.1 Å². The van der Waals surface area contributed by atoms with E-state index in [9.17, 15) is 8.42 Å². The number of nitrogens with two attached hydrogens (primary N) is 1. The van der Waals surface area contributed by atoms with E-state index in [1.165, 1.54) is 12.1 Å². The van der Waals surface area contributed by atoms with Crippen molar-refractivity contribution in [3.05, 3.63) is 36.4 Å². The molecule has 0 aromatic heterocycles. The molecule has 0 heterocycles. The van der Waals surface area contributed by atoms with Crippen LogP contribution in [0.2, 0.25) is 0 Å². The first-order valence-corrected chi connectivity index (χ1v) is 5.60. The van der Waals surface area contributed by atoms with Crippen LogP contribution < -0.4 is 5.73 Å². The largest absolute Gasteiger partial charge is 0.398 e. The van der Waals surface area contributed by atoms with E-state index < -0.39 is 10.1 Å². The van der Waals surface area contributed by atoms with Crippen molar-refractivity contribution >= 4 is 26.6 Å². The van der Waals surface area contributed by atoms with Gasteiger partial charge in [0.15, 0.2) is 0 Å². The third-order valence-electron chi connectivity index (χ3n) is 2.04. The molecule has 0 aliphatic rings. The van der Waals surface area contributed by atoms with E-state index in [4.69, 9.17) is 10.3 Å². The Morgan fingerprint density at radius 3 is 2.53 bits per heavy atom. The van der Waals surface area contributed by atoms with Gasteiger partial charge in [-0.05, 0) is 29.0 Å². The molecule has 5 heteroatoms. The maximum atomic E-state index is 10.9. The molecule has 0 fully saturated rings. The minimum Gasteiger partial charge on any atom is -0.398 e. The van der Waals surface area contributed by atoms with Crippen molar-refractivity contribution < 1.29 is 13.0 Å². The normalized spacial score (nSPS) is 11.8. The van der Waals surface area contributed by atoms with Gasteiger partial charge in [-0.25, -0.2) is 0 Å². The second kappa shape index (κ2) is 3.22. The minimum absolute atomic E-state index is 0.156. The van der Waals surface area contributed by atoms with Crippen LogP contribution in [0.1, 0.15) is 0 Å². The SMILES string of the molecule is Nc1[c]c2cc(S(=O)(=O)O)ccc2cc1. The fourth-order valence-electron chi connectivity index (χ4n) is 1.33. The average Bonchev–Trinajstić information content (AvgIpc) is 2.15. The first-order chi connectivity index (χ1) is 6.97. The maximum Gasteiger partial charge on any atom is 0.294 e. The number of rotatable bonds is 1. The molecule has 0 atom stereocenters. The van der Waals surface area contributed by atoms with Gasteiger partial charge in [0.25, 0.3) is 10.1 Å². The average molecular weight is 222 g/mol. The van der Waals surface area contributed by atoms with Crippen molar-refractivity contribution in [2.45, 2.75) is 4.90 Å². The number of hydrogen-bond acceptors (Lipinski definition) is 3. The van der Waals surface area contributed by atoms with E-state index in [2.05, 4.69) is 6.07 Å². The number of nitrogen functional groups attached to an aromatic ring is 1. The summed E-state index contributed by atoms with van der Waals surface area (Å²) in [5.41, 5.74) is 5.94. The number of benzene rings is 2. The van der Waals surface area contributed by atoms with Crippen LogP contribution in [0.3, 0.4) is 0 Å². The van der Waals surface area contributed by atoms with Gasteiger partial charge in [0.05, 0.1) is 4.90 Å². The van der Waals surface area contributed by atoms with Crippen LogP contribution in [-0.4, -0.2) is 13.0 Å². The fourth-order valence-corrected chi connectivity index (χ4v) is 1.83. The highest BCUT2D eigenvalue weighted by molar-refractivity contribution is 7.85. The lowest BCUT2D eigenvalue weighted by molar-refractivity contribution is 0.483. The molecular formula is C10H8NO3S. The van der Waals surface area contributed by atoms with Crippen LogP contribution in [0.25, 0.3) is 10.8 Å². The molecule has 0 aliphatic carbocycles. The van der Waals surface area contributed by atoms with Gasteiger partial charge in [-0.15, -0.1) is 0 Å². The Morgan fingerprint density at radius 2 is 1.87 bits per heavy atom. The highest BCUT2D eigenvalue weighted by Gasteiger charge is 2.09. The molecule has 3 N–H and O–H groups in total. The summed E-state index contributed by atoms with van der Waals surface area (Å²) < 4.78 is 30.6. The van der Waals surface area contributed by atoms with E-state index in [-0.39, 0.29) is 4.90 Å². The van der Waals surface area contributed by atoms with Crippen LogP contribution in [-0.2, 0) is 10.1 Å². The smallest absolute Gasteiger partial charge is 0.294 e. The first-order valence-electron chi connectivity index (χ1n) is 4.16. The third-order valence-corrected chi connectivity index (χ3v) is 2.89. The van der Waals surface area contributed by atoms with E-state index >= 15 is 0 Å². The minimum atomic E-state index is -4.17.